The van der Waals surface area contributed by atoms with Gasteiger partial charge >= 0.3 is 6.61 Å². The number of hydrogen-bond acceptors (Lipinski definition) is 2. The zero-order chi connectivity index (χ0) is 15.6. The van der Waals surface area contributed by atoms with Gasteiger partial charge in [0.1, 0.15) is 0 Å². The van der Waals surface area contributed by atoms with Crippen molar-refractivity contribution >= 4 is 0 Å². The van der Waals surface area contributed by atoms with Crippen LogP contribution in [0.25, 0.3) is 11.1 Å². The maximum absolute atomic E-state index is 13.8. The molecule has 0 saturated heterocycles. The van der Waals surface area contributed by atoms with Gasteiger partial charge in [-0.15, -0.1) is 0 Å². The largest absolute Gasteiger partial charge is 0.494 e. The molecule has 0 saturated carbocycles. The molecule has 0 aliphatic heterocycles. The molecule has 0 heterocycles. The number of rotatable bonds is 4. The summed E-state index contributed by atoms with van der Waals surface area (Å²) in [6, 6.07) is 5.21. The zero-order valence-electron chi connectivity index (χ0n) is 10.7. The quantitative estimate of drug-likeness (QED) is 0.737. The summed E-state index contributed by atoms with van der Waals surface area (Å²) in [6.45, 7) is -3.18. The summed E-state index contributed by atoms with van der Waals surface area (Å²) in [5.74, 6) is -4.53. The second-order valence-electron chi connectivity index (χ2n) is 3.97. The van der Waals surface area contributed by atoms with Crippen LogP contribution in [0.2, 0.25) is 0 Å². The van der Waals surface area contributed by atoms with Crippen molar-refractivity contribution in [2.45, 2.75) is 14.0 Å². The molecule has 2 aromatic rings. The van der Waals surface area contributed by atoms with Crippen LogP contribution in [-0.4, -0.2) is 13.7 Å². The third-order valence-electron chi connectivity index (χ3n) is 2.73. The fourth-order valence-electron chi connectivity index (χ4n) is 1.77. The fraction of sp³-hybridized carbons (Fsp3) is 0.200. The Morgan fingerprint density at radius 3 is 2.09 bits per heavy atom. The van der Waals surface area contributed by atoms with Crippen molar-refractivity contribution in [1.82, 2.24) is 0 Å². The van der Waals surface area contributed by atoms with Crippen LogP contribution in [0.3, 0.4) is 0 Å². The average molecular weight is 320 g/mol. The predicted molar refractivity (Wildman–Crippen MR) is 71.7 cm³/mol. The average Bonchev–Trinajstić information content (AvgIpc) is 2.44. The Morgan fingerprint density at radius 1 is 0.909 bits per heavy atom. The summed E-state index contributed by atoms with van der Waals surface area (Å²) >= 11 is 0. The molecule has 0 spiro atoms. The lowest BCUT2D eigenvalue weighted by atomic mass is 10.0. The molecule has 0 radical (unpaired) electrons. The van der Waals surface area contributed by atoms with Gasteiger partial charge in [-0.25, -0.2) is 8.78 Å². The van der Waals surface area contributed by atoms with Gasteiger partial charge in [0.2, 0.25) is 5.82 Å². The number of ether oxygens (including phenoxy) is 2. The van der Waals surface area contributed by atoms with Crippen molar-refractivity contribution in [1.29, 1.82) is 0 Å². The minimum atomic E-state index is -3.18. The molecule has 2 aromatic carbocycles. The number of benzene rings is 2. The molecule has 7 heteroatoms. The summed E-state index contributed by atoms with van der Waals surface area (Å²) in [4.78, 5) is 0. The van der Waals surface area contributed by atoms with Crippen molar-refractivity contribution < 1.29 is 31.4 Å². The van der Waals surface area contributed by atoms with Gasteiger partial charge in [0, 0.05) is 5.56 Å². The van der Waals surface area contributed by atoms with E-state index in [4.69, 9.17) is 0 Å². The SMILES string of the molecule is C.COc1ccc(-c2ccc(OC(F)F)c(F)c2)c(F)c1F. The van der Waals surface area contributed by atoms with Crippen LogP contribution in [0.1, 0.15) is 7.43 Å². The molecule has 0 atom stereocenters. The molecule has 120 valence electrons. The van der Waals surface area contributed by atoms with Crippen molar-refractivity contribution in [3.8, 4) is 22.6 Å². The molecule has 0 fully saturated rings. The van der Waals surface area contributed by atoms with E-state index in [9.17, 15) is 22.0 Å². The lowest BCUT2D eigenvalue weighted by molar-refractivity contribution is -0.0521. The van der Waals surface area contributed by atoms with Crippen LogP contribution < -0.4 is 9.47 Å². The van der Waals surface area contributed by atoms with Gasteiger partial charge in [-0.2, -0.15) is 13.2 Å². The summed E-state index contributed by atoms with van der Waals surface area (Å²) in [5.41, 5.74) is -0.246. The van der Waals surface area contributed by atoms with Crippen LogP contribution in [-0.2, 0) is 0 Å². The molecule has 0 N–H and O–H groups in total. The molecule has 0 amide bonds. The monoisotopic (exact) mass is 320 g/mol. The number of hydrogen-bond donors (Lipinski definition) is 0. The highest BCUT2D eigenvalue weighted by atomic mass is 19.3. The minimum Gasteiger partial charge on any atom is -0.494 e. The van der Waals surface area contributed by atoms with E-state index in [1.807, 2.05) is 0 Å². The van der Waals surface area contributed by atoms with E-state index in [1.165, 1.54) is 19.2 Å². The van der Waals surface area contributed by atoms with Crippen LogP contribution in [0.15, 0.2) is 30.3 Å². The molecular formula is C15H13F5O2. The van der Waals surface area contributed by atoms with Gasteiger partial charge in [0.25, 0.3) is 0 Å². The van der Waals surface area contributed by atoms with Gasteiger partial charge in [-0.1, -0.05) is 13.5 Å². The molecule has 0 aliphatic rings. The standard InChI is InChI=1S/C14H9F5O2.CH4/c1-20-11-5-3-8(12(16)13(11)17)7-2-4-10(9(15)6-7)21-14(18)19;/h2-6,14H,1H3;1H4. The van der Waals surface area contributed by atoms with E-state index < -0.39 is 29.8 Å². The molecule has 2 nitrogen and oxygen atoms in total. The van der Waals surface area contributed by atoms with Crippen LogP contribution in [0, 0.1) is 17.5 Å². The summed E-state index contributed by atoms with van der Waals surface area (Å²) in [5, 5.41) is 0. The Bertz CT molecular complexity index is 659. The van der Waals surface area contributed by atoms with Gasteiger partial charge in [-0.05, 0) is 29.8 Å². The van der Waals surface area contributed by atoms with E-state index in [1.54, 1.807) is 0 Å². The Morgan fingerprint density at radius 2 is 1.55 bits per heavy atom. The molecule has 0 bridgehead atoms. The molecule has 0 unspecified atom stereocenters. The van der Waals surface area contributed by atoms with E-state index in [0.29, 0.717) is 0 Å². The third kappa shape index (κ3) is 3.47. The second-order valence-corrected chi connectivity index (χ2v) is 3.97. The number of methoxy groups -OCH3 is 1. The fourth-order valence-corrected chi connectivity index (χ4v) is 1.77. The number of alkyl halides is 2. The van der Waals surface area contributed by atoms with E-state index in [2.05, 4.69) is 9.47 Å². The maximum Gasteiger partial charge on any atom is 0.387 e. The highest BCUT2D eigenvalue weighted by Crippen LogP contribution is 2.32. The molecule has 0 aromatic heterocycles. The predicted octanol–water partition coefficient (Wildman–Crippen LogP) is 5.02. The van der Waals surface area contributed by atoms with Crippen molar-refractivity contribution in [2.75, 3.05) is 7.11 Å². The number of halogens is 5. The van der Waals surface area contributed by atoms with Gasteiger partial charge in [0.05, 0.1) is 7.11 Å². The lowest BCUT2D eigenvalue weighted by Crippen LogP contribution is -2.03. The first-order chi connectivity index (χ1) is 9.93. The lowest BCUT2D eigenvalue weighted by Gasteiger charge is -2.10. The topological polar surface area (TPSA) is 18.5 Å². The van der Waals surface area contributed by atoms with E-state index in [-0.39, 0.29) is 24.3 Å². The van der Waals surface area contributed by atoms with Gasteiger partial charge in [0.15, 0.2) is 23.1 Å². The van der Waals surface area contributed by atoms with Crippen LogP contribution >= 0.6 is 0 Å². The zero-order valence-corrected chi connectivity index (χ0v) is 10.7. The third-order valence-corrected chi connectivity index (χ3v) is 2.73. The van der Waals surface area contributed by atoms with E-state index >= 15 is 0 Å². The molecule has 0 aliphatic carbocycles. The van der Waals surface area contributed by atoms with Crippen LogP contribution in [0.5, 0.6) is 11.5 Å². The highest BCUT2D eigenvalue weighted by Gasteiger charge is 2.17. The smallest absolute Gasteiger partial charge is 0.387 e. The van der Waals surface area contributed by atoms with Gasteiger partial charge < -0.3 is 9.47 Å². The molecule has 2 rings (SSSR count). The minimum absolute atomic E-state index is 0. The van der Waals surface area contributed by atoms with Crippen molar-refractivity contribution in [3.63, 3.8) is 0 Å². The summed E-state index contributed by atoms with van der Waals surface area (Å²) < 4.78 is 73.6. The van der Waals surface area contributed by atoms with Crippen LogP contribution in [0.4, 0.5) is 22.0 Å². The summed E-state index contributed by atoms with van der Waals surface area (Å²) in [7, 11) is 1.17. The van der Waals surface area contributed by atoms with Gasteiger partial charge in [-0.3, -0.25) is 0 Å². The first-order valence-electron chi connectivity index (χ1n) is 5.70. The van der Waals surface area contributed by atoms with E-state index in [0.717, 1.165) is 18.2 Å². The normalized spacial score (nSPS) is 10.3. The first-order valence-corrected chi connectivity index (χ1v) is 5.70. The molecule has 22 heavy (non-hydrogen) atoms. The Labute approximate surface area is 124 Å². The maximum atomic E-state index is 13.8. The Kier molecular flexibility index (Phi) is 5.73. The molecular weight excluding hydrogens is 307 g/mol. The first kappa shape index (κ1) is 17.7. The highest BCUT2D eigenvalue weighted by molar-refractivity contribution is 5.66. The second kappa shape index (κ2) is 7.11. The van der Waals surface area contributed by atoms with Crippen molar-refractivity contribution in [2.24, 2.45) is 0 Å². The Balaban J connectivity index is 0.00000242. The van der Waals surface area contributed by atoms with Crippen molar-refractivity contribution in [3.05, 3.63) is 47.8 Å². The summed E-state index contributed by atoms with van der Waals surface area (Å²) in [6.07, 6.45) is 0. The Hall–Kier alpha value is -2.31.